The average molecular weight is 313 g/mol. The molecule has 0 aromatic carbocycles. The van der Waals surface area contributed by atoms with Crippen LogP contribution in [0.4, 0.5) is 0 Å². The summed E-state index contributed by atoms with van der Waals surface area (Å²) in [5.41, 5.74) is 0. The Bertz CT molecular complexity index is 180. The first-order valence-corrected chi connectivity index (χ1v) is 9.27. The molecule has 0 bridgehead atoms. The van der Waals surface area contributed by atoms with E-state index >= 15 is 0 Å². The minimum atomic E-state index is 0.354. The van der Waals surface area contributed by atoms with Crippen LogP contribution in [0.25, 0.3) is 0 Å². The van der Waals surface area contributed by atoms with Gasteiger partial charge in [0, 0.05) is 13.2 Å². The maximum Gasteiger partial charge on any atom is 0.0431 e. The van der Waals surface area contributed by atoms with Crippen molar-refractivity contribution >= 4 is 0 Å². The number of rotatable bonds is 16. The van der Waals surface area contributed by atoms with Gasteiger partial charge in [-0.25, -0.2) is 0 Å². The maximum atomic E-state index is 8.49. The maximum absolute atomic E-state index is 8.49. The Morgan fingerprint density at radius 1 is 0.455 bits per heavy atom. The fraction of sp³-hybridized carbons (Fsp3) is 0.800. The van der Waals surface area contributed by atoms with E-state index in [-0.39, 0.29) is 0 Å². The van der Waals surface area contributed by atoms with Crippen molar-refractivity contribution in [3.05, 3.63) is 25.3 Å². The van der Waals surface area contributed by atoms with Crippen LogP contribution < -0.4 is 0 Å². The number of aliphatic hydroxyl groups excluding tert-OH is 2. The molecule has 0 unspecified atom stereocenters. The highest BCUT2D eigenvalue weighted by Crippen LogP contribution is 2.07. The van der Waals surface area contributed by atoms with Gasteiger partial charge in [-0.05, 0) is 38.5 Å². The normalized spacial score (nSPS) is 9.91. The van der Waals surface area contributed by atoms with Crippen LogP contribution in [0.1, 0.15) is 89.9 Å². The van der Waals surface area contributed by atoms with Gasteiger partial charge in [-0.2, -0.15) is 0 Å². The second-order valence-corrected chi connectivity index (χ2v) is 5.84. The van der Waals surface area contributed by atoms with Gasteiger partial charge < -0.3 is 10.2 Å². The summed E-state index contributed by atoms with van der Waals surface area (Å²) in [7, 11) is 0. The Morgan fingerprint density at radius 2 is 0.727 bits per heavy atom. The van der Waals surface area contributed by atoms with Crippen LogP contribution in [0.2, 0.25) is 0 Å². The van der Waals surface area contributed by atoms with Crippen molar-refractivity contribution in [1.29, 1.82) is 0 Å². The van der Waals surface area contributed by atoms with Gasteiger partial charge in [-0.3, -0.25) is 0 Å². The molecule has 0 aliphatic rings. The smallest absolute Gasteiger partial charge is 0.0431 e. The summed E-state index contributed by atoms with van der Waals surface area (Å²) in [4.78, 5) is 0. The number of hydrogen-bond donors (Lipinski definition) is 2. The molecule has 0 radical (unpaired) electrons. The number of hydrogen-bond acceptors (Lipinski definition) is 2. The highest BCUT2D eigenvalue weighted by Gasteiger charge is 1.89. The molecule has 0 saturated carbocycles. The zero-order chi connectivity index (χ0) is 16.7. The number of aliphatic hydroxyl groups is 2. The molecule has 0 saturated heterocycles. The molecule has 0 heterocycles. The van der Waals surface area contributed by atoms with Crippen LogP contribution in [0, 0.1) is 0 Å². The fourth-order valence-corrected chi connectivity index (χ4v) is 2.22. The van der Waals surface area contributed by atoms with Gasteiger partial charge in [0.05, 0.1) is 0 Å². The lowest BCUT2D eigenvalue weighted by Crippen LogP contribution is -1.83. The van der Waals surface area contributed by atoms with E-state index in [2.05, 4.69) is 13.2 Å². The summed E-state index contributed by atoms with van der Waals surface area (Å²) in [5, 5.41) is 17.0. The molecule has 0 aromatic rings. The minimum Gasteiger partial charge on any atom is -0.396 e. The molecular weight excluding hydrogens is 272 g/mol. The van der Waals surface area contributed by atoms with E-state index in [1.54, 1.807) is 0 Å². The number of unbranched alkanes of at least 4 members (excludes halogenated alkanes) is 12. The van der Waals surface area contributed by atoms with Crippen LogP contribution in [-0.2, 0) is 0 Å². The van der Waals surface area contributed by atoms with Crippen LogP contribution in [0.3, 0.4) is 0 Å². The first-order chi connectivity index (χ1) is 10.8. The fourth-order valence-electron chi connectivity index (χ4n) is 2.22. The quantitative estimate of drug-likeness (QED) is 0.280. The Hall–Kier alpha value is -0.600. The molecule has 132 valence electrons. The molecule has 2 nitrogen and oxygen atoms in total. The van der Waals surface area contributed by atoms with Crippen molar-refractivity contribution in [2.75, 3.05) is 13.2 Å². The topological polar surface area (TPSA) is 40.5 Å². The van der Waals surface area contributed by atoms with Crippen LogP contribution in [0.5, 0.6) is 0 Å². The largest absolute Gasteiger partial charge is 0.396 e. The Kier molecular flexibility index (Phi) is 27.3. The zero-order valence-corrected chi connectivity index (χ0v) is 14.8. The average Bonchev–Trinajstić information content (AvgIpc) is 2.54. The lowest BCUT2D eigenvalue weighted by Gasteiger charge is -1.97. The van der Waals surface area contributed by atoms with Gasteiger partial charge in [-0.1, -0.05) is 63.5 Å². The van der Waals surface area contributed by atoms with Crippen molar-refractivity contribution in [2.24, 2.45) is 0 Å². The third kappa shape index (κ3) is 27.7. The van der Waals surface area contributed by atoms with Gasteiger partial charge >= 0.3 is 0 Å². The summed E-state index contributed by atoms with van der Waals surface area (Å²) in [6.45, 7) is 8.06. The molecule has 0 amide bonds. The number of allylic oxidation sites excluding steroid dienone is 2. The first kappa shape index (κ1) is 23.7. The molecule has 22 heavy (non-hydrogen) atoms. The summed E-state index contributed by atoms with van der Waals surface area (Å²) in [6.07, 6.45) is 21.0. The van der Waals surface area contributed by atoms with Gasteiger partial charge in [0.2, 0.25) is 0 Å². The lowest BCUT2D eigenvalue weighted by molar-refractivity contribution is 0.282. The summed E-state index contributed by atoms with van der Waals surface area (Å²) in [5.74, 6) is 0. The van der Waals surface area contributed by atoms with Crippen LogP contribution >= 0.6 is 0 Å². The van der Waals surface area contributed by atoms with Crippen molar-refractivity contribution in [2.45, 2.75) is 89.9 Å². The predicted molar refractivity (Wildman–Crippen MR) is 99.2 cm³/mol. The van der Waals surface area contributed by atoms with E-state index in [1.165, 1.54) is 64.2 Å². The second-order valence-electron chi connectivity index (χ2n) is 5.84. The molecular formula is C20H40O2. The standard InChI is InChI=1S/2C10H20O/c2*1-2-3-4-5-6-7-8-9-10-11/h2*2,11H,1,3-10H2. The van der Waals surface area contributed by atoms with Gasteiger partial charge in [0.15, 0.2) is 0 Å². The third-order valence-corrected chi connectivity index (χ3v) is 3.63. The summed E-state index contributed by atoms with van der Waals surface area (Å²) in [6, 6.07) is 0. The molecule has 0 rings (SSSR count). The van der Waals surface area contributed by atoms with E-state index in [0.717, 1.165) is 25.7 Å². The molecule has 0 spiro atoms. The summed E-state index contributed by atoms with van der Waals surface area (Å²) < 4.78 is 0. The molecule has 0 aliphatic carbocycles. The van der Waals surface area contributed by atoms with E-state index < -0.39 is 0 Å². The monoisotopic (exact) mass is 312 g/mol. The van der Waals surface area contributed by atoms with Gasteiger partial charge in [0.25, 0.3) is 0 Å². The molecule has 0 aromatic heterocycles. The zero-order valence-electron chi connectivity index (χ0n) is 14.8. The highest BCUT2D eigenvalue weighted by molar-refractivity contribution is 4.65. The van der Waals surface area contributed by atoms with Crippen LogP contribution in [-0.4, -0.2) is 23.4 Å². The SMILES string of the molecule is C=CCCCCCCCCO.C=CCCCCCCCCO. The molecule has 2 N–H and O–H groups in total. The van der Waals surface area contributed by atoms with E-state index in [1.807, 2.05) is 12.2 Å². The Labute approximate surface area is 139 Å². The highest BCUT2D eigenvalue weighted by atomic mass is 16.3. The van der Waals surface area contributed by atoms with Crippen molar-refractivity contribution < 1.29 is 10.2 Å². The van der Waals surface area contributed by atoms with Gasteiger partial charge in [-0.15, -0.1) is 13.2 Å². The van der Waals surface area contributed by atoms with E-state index in [0.29, 0.717) is 13.2 Å². The first-order valence-electron chi connectivity index (χ1n) is 9.27. The van der Waals surface area contributed by atoms with E-state index in [4.69, 9.17) is 10.2 Å². The van der Waals surface area contributed by atoms with Crippen molar-refractivity contribution in [3.63, 3.8) is 0 Å². The Morgan fingerprint density at radius 3 is 1.00 bits per heavy atom. The minimum absolute atomic E-state index is 0.354. The third-order valence-electron chi connectivity index (χ3n) is 3.63. The van der Waals surface area contributed by atoms with Crippen molar-refractivity contribution in [1.82, 2.24) is 0 Å². The molecule has 2 heteroatoms. The molecule has 0 fully saturated rings. The second kappa shape index (κ2) is 25.4. The lowest BCUT2D eigenvalue weighted by atomic mass is 10.1. The van der Waals surface area contributed by atoms with E-state index in [9.17, 15) is 0 Å². The Balaban J connectivity index is 0. The predicted octanol–water partition coefficient (Wildman–Crippen LogP) is 5.79. The molecule has 0 aliphatic heterocycles. The van der Waals surface area contributed by atoms with Crippen molar-refractivity contribution in [3.8, 4) is 0 Å². The van der Waals surface area contributed by atoms with Crippen LogP contribution in [0.15, 0.2) is 25.3 Å². The van der Waals surface area contributed by atoms with Gasteiger partial charge in [0.1, 0.15) is 0 Å². The molecule has 0 atom stereocenters. The summed E-state index contributed by atoms with van der Waals surface area (Å²) >= 11 is 0.